The van der Waals surface area contributed by atoms with E-state index in [-0.39, 0.29) is 36.6 Å². The second kappa shape index (κ2) is 11.2. The van der Waals surface area contributed by atoms with E-state index in [1.807, 2.05) is 5.48 Å². The van der Waals surface area contributed by atoms with Crippen molar-refractivity contribution in [3.05, 3.63) is 50.5 Å². The Morgan fingerprint density at radius 1 is 1.26 bits per heavy atom. The number of carbonyl (C=O) groups excluding carboxylic acids is 1. The summed E-state index contributed by atoms with van der Waals surface area (Å²) in [6, 6.07) is 1.04. The van der Waals surface area contributed by atoms with Crippen LogP contribution in [0, 0.1) is 17.6 Å². The summed E-state index contributed by atoms with van der Waals surface area (Å²) >= 11 is -0.609. The summed E-state index contributed by atoms with van der Waals surface area (Å²) in [4.78, 5) is 17.4. The molecule has 0 bridgehead atoms. The van der Waals surface area contributed by atoms with E-state index in [2.05, 4.69) is 5.32 Å². The molecule has 11 heteroatoms. The Morgan fingerprint density at radius 3 is 2.68 bits per heavy atom. The Balaban J connectivity index is 1.99. The van der Waals surface area contributed by atoms with Gasteiger partial charge in [0.05, 0.1) is 43.4 Å². The number of carbonyl (C=O) groups is 1. The topological polar surface area (TPSA) is 100 Å². The maximum atomic E-state index is 15.1. The normalized spacial score (nSPS) is 16.8. The van der Waals surface area contributed by atoms with Gasteiger partial charge in [-0.1, -0.05) is 20.7 Å². The van der Waals surface area contributed by atoms with Crippen LogP contribution >= 0.6 is 20.7 Å². The lowest BCUT2D eigenvalue weighted by Gasteiger charge is -2.21. The molecule has 1 saturated carbocycles. The second-order valence-electron chi connectivity index (χ2n) is 6.88. The highest BCUT2D eigenvalue weighted by atomic mass is 127. The molecule has 1 amide bonds. The van der Waals surface area contributed by atoms with Gasteiger partial charge in [-0.15, -0.1) is 0 Å². The number of aliphatic hydroxyl groups excluding tert-OH is 2. The van der Waals surface area contributed by atoms with E-state index < -0.39 is 62.5 Å². The molecule has 31 heavy (non-hydrogen) atoms. The minimum Gasteiger partial charge on any atom is -0.394 e. The van der Waals surface area contributed by atoms with Crippen molar-refractivity contribution < 1.29 is 37.8 Å². The van der Waals surface area contributed by atoms with Crippen LogP contribution in [0.2, 0.25) is 0 Å². The largest absolute Gasteiger partial charge is 0.394 e. The number of ether oxygens (including phenoxy) is 1. The second-order valence-corrected chi connectivity index (χ2v) is 8.94. The van der Waals surface area contributed by atoms with Crippen LogP contribution in [0.15, 0.2) is 27.7 Å². The first-order valence-electron chi connectivity index (χ1n) is 9.52. The van der Waals surface area contributed by atoms with Crippen molar-refractivity contribution in [3.63, 3.8) is 0 Å². The van der Waals surface area contributed by atoms with E-state index in [9.17, 15) is 18.7 Å². The Bertz CT molecular complexity index is 919. The third-order valence-electron chi connectivity index (χ3n) is 4.56. The molecule has 0 saturated heterocycles. The number of anilines is 1. The molecule has 1 unspecified atom stereocenters. The SMILES string of the molecule is O=C(NOCCO)c1cc(C(CO)OCC2CC2)c(F)c(F)c1NC1=C(F)C=IC=C1. The highest BCUT2D eigenvalue weighted by molar-refractivity contribution is 14.2. The highest BCUT2D eigenvalue weighted by Gasteiger charge is 2.29. The van der Waals surface area contributed by atoms with Crippen LogP contribution in [0.1, 0.15) is 34.9 Å². The first-order valence-corrected chi connectivity index (χ1v) is 12.0. The number of aliphatic hydroxyl groups is 2. The highest BCUT2D eigenvalue weighted by Crippen LogP contribution is 2.35. The summed E-state index contributed by atoms with van der Waals surface area (Å²) in [5, 5.41) is 20.9. The summed E-state index contributed by atoms with van der Waals surface area (Å²) in [5.41, 5.74) is 0.586. The van der Waals surface area contributed by atoms with E-state index in [1.54, 1.807) is 4.08 Å². The number of amides is 1. The molecule has 7 nitrogen and oxygen atoms in total. The minimum atomic E-state index is -1.42. The molecular formula is C20H22F3IN2O5. The van der Waals surface area contributed by atoms with Crippen LogP contribution in [0.3, 0.4) is 0 Å². The maximum absolute atomic E-state index is 15.1. The summed E-state index contributed by atoms with van der Waals surface area (Å²) < 4.78 is 52.7. The summed E-state index contributed by atoms with van der Waals surface area (Å²) in [5.74, 6) is -4.02. The van der Waals surface area contributed by atoms with Crippen molar-refractivity contribution in [2.75, 3.05) is 31.7 Å². The quantitative estimate of drug-likeness (QED) is 0.191. The molecule has 170 valence electrons. The van der Waals surface area contributed by atoms with E-state index in [4.69, 9.17) is 14.7 Å². The number of hydrogen-bond acceptors (Lipinski definition) is 6. The van der Waals surface area contributed by atoms with Crippen LogP contribution in [0.5, 0.6) is 0 Å². The standard InChI is InChI=1S/C20H22F3IN2O5/c21-14-8-24-4-3-15(14)25-19-13(20(29)26-31-6-5-27)7-12(17(22)18(19)23)16(9-28)30-10-11-1-2-11/h3-4,7-8,11,16,25,27-28H,1-2,5-6,9-10H2,(H,26,29). The van der Waals surface area contributed by atoms with E-state index in [1.165, 1.54) is 10.1 Å². The molecule has 1 aliphatic heterocycles. The van der Waals surface area contributed by atoms with E-state index in [0.29, 0.717) is 5.92 Å². The summed E-state index contributed by atoms with van der Waals surface area (Å²) in [6.45, 7) is -0.956. The van der Waals surface area contributed by atoms with Gasteiger partial charge in [0.1, 0.15) is 6.10 Å². The van der Waals surface area contributed by atoms with Crippen molar-refractivity contribution >= 4 is 36.3 Å². The molecule has 2 aliphatic rings. The molecular weight excluding hydrogens is 532 g/mol. The molecule has 0 spiro atoms. The summed E-state index contributed by atoms with van der Waals surface area (Å²) in [7, 11) is 0. The lowest BCUT2D eigenvalue weighted by atomic mass is 10.0. The fourth-order valence-corrected chi connectivity index (χ4v) is 4.17. The molecule has 1 aromatic rings. The van der Waals surface area contributed by atoms with Gasteiger partial charge in [-0.2, -0.15) is 0 Å². The first-order chi connectivity index (χ1) is 15.0. The van der Waals surface area contributed by atoms with Crippen LogP contribution in [-0.2, 0) is 9.57 Å². The molecule has 1 atom stereocenters. The van der Waals surface area contributed by atoms with Gasteiger partial charge in [-0.25, -0.2) is 18.7 Å². The minimum absolute atomic E-state index is 0.119. The third-order valence-corrected chi connectivity index (χ3v) is 6.24. The fraction of sp³-hybridized carbons (Fsp3) is 0.400. The van der Waals surface area contributed by atoms with Gasteiger partial charge in [0.15, 0.2) is 17.5 Å². The number of halogens is 4. The molecule has 1 fully saturated rings. The molecule has 4 N–H and O–H groups in total. The summed E-state index contributed by atoms with van der Waals surface area (Å²) in [6.07, 6.45) is 2.13. The zero-order valence-electron chi connectivity index (χ0n) is 16.3. The number of hydroxylamine groups is 1. The van der Waals surface area contributed by atoms with Crippen LogP contribution in [-0.4, -0.2) is 46.6 Å². The van der Waals surface area contributed by atoms with Crippen LogP contribution < -0.4 is 10.8 Å². The first kappa shape index (κ1) is 23.9. The van der Waals surface area contributed by atoms with Crippen molar-refractivity contribution in [3.8, 4) is 0 Å². The van der Waals surface area contributed by atoms with Crippen LogP contribution in [0.25, 0.3) is 0 Å². The molecule has 1 aromatic carbocycles. The Kier molecular flexibility index (Phi) is 8.60. The number of hydrogen-bond donors (Lipinski definition) is 4. The van der Waals surface area contributed by atoms with Crippen molar-refractivity contribution in [1.82, 2.24) is 5.48 Å². The molecule has 1 heterocycles. The zero-order chi connectivity index (χ0) is 22.4. The average molecular weight is 554 g/mol. The predicted molar refractivity (Wildman–Crippen MR) is 116 cm³/mol. The van der Waals surface area contributed by atoms with Gasteiger partial charge in [0, 0.05) is 9.58 Å². The molecule has 0 aromatic heterocycles. The molecule has 1 aliphatic carbocycles. The van der Waals surface area contributed by atoms with Gasteiger partial charge in [-0.05, 0) is 35.0 Å². The van der Waals surface area contributed by atoms with Gasteiger partial charge in [0.2, 0.25) is 0 Å². The van der Waals surface area contributed by atoms with E-state index in [0.717, 1.165) is 18.9 Å². The number of rotatable bonds is 11. The fourth-order valence-electron chi connectivity index (χ4n) is 2.74. The van der Waals surface area contributed by atoms with E-state index >= 15 is 4.39 Å². The monoisotopic (exact) mass is 554 g/mol. The Labute approximate surface area is 186 Å². The van der Waals surface area contributed by atoms with Crippen molar-refractivity contribution in [2.24, 2.45) is 5.92 Å². The van der Waals surface area contributed by atoms with Gasteiger partial charge in [0.25, 0.3) is 5.91 Å². The third kappa shape index (κ3) is 6.13. The van der Waals surface area contributed by atoms with Gasteiger partial charge >= 0.3 is 0 Å². The Hall–Kier alpha value is -1.80. The van der Waals surface area contributed by atoms with Crippen LogP contribution in [0.4, 0.5) is 18.9 Å². The Morgan fingerprint density at radius 2 is 2.03 bits per heavy atom. The van der Waals surface area contributed by atoms with Crippen molar-refractivity contribution in [2.45, 2.75) is 18.9 Å². The predicted octanol–water partition coefficient (Wildman–Crippen LogP) is 2.97. The number of benzene rings is 1. The number of nitrogens with one attached hydrogen (secondary N) is 2. The smallest absolute Gasteiger partial charge is 0.277 e. The zero-order valence-corrected chi connectivity index (χ0v) is 18.5. The lowest BCUT2D eigenvalue weighted by Crippen LogP contribution is -2.27. The van der Waals surface area contributed by atoms with Gasteiger partial charge in [-0.3, -0.25) is 9.63 Å². The molecule has 3 rings (SSSR count). The van der Waals surface area contributed by atoms with Crippen molar-refractivity contribution in [1.29, 1.82) is 0 Å². The average Bonchev–Trinajstić information content (AvgIpc) is 3.59. The number of allylic oxidation sites excluding steroid dienone is 2. The molecule has 0 radical (unpaired) electrons. The van der Waals surface area contributed by atoms with Gasteiger partial charge < -0.3 is 20.3 Å². The lowest BCUT2D eigenvalue weighted by molar-refractivity contribution is 0.00372. The maximum Gasteiger partial charge on any atom is 0.277 e.